The van der Waals surface area contributed by atoms with E-state index in [1.165, 1.54) is 11.4 Å². The van der Waals surface area contributed by atoms with Crippen LogP contribution in [0.4, 0.5) is 13.2 Å². The number of aromatic carboxylic acids is 1. The Balaban J connectivity index is 2.68. The highest BCUT2D eigenvalue weighted by Crippen LogP contribution is 2.26. The molecule has 0 bridgehead atoms. The molecule has 0 aromatic carbocycles. The Morgan fingerprint density at radius 2 is 2.21 bits per heavy atom. The van der Waals surface area contributed by atoms with Gasteiger partial charge in [-0.25, -0.2) is 4.79 Å². The molecule has 0 unspecified atom stereocenters. The second-order valence-electron chi connectivity index (χ2n) is 2.32. The summed E-state index contributed by atoms with van der Waals surface area (Å²) in [7, 11) is 0. The van der Waals surface area contributed by atoms with Crippen LogP contribution in [0, 0.1) is 0 Å². The van der Waals surface area contributed by atoms with Crippen molar-refractivity contribution in [2.75, 3.05) is 6.61 Å². The summed E-state index contributed by atoms with van der Waals surface area (Å²) in [6.07, 6.45) is -4.46. The Morgan fingerprint density at radius 1 is 1.57 bits per heavy atom. The van der Waals surface area contributed by atoms with Crippen molar-refractivity contribution in [1.82, 2.24) is 0 Å². The topological polar surface area (TPSA) is 46.5 Å². The molecular weight excluding hydrogens is 221 g/mol. The Labute approximate surface area is 80.7 Å². The van der Waals surface area contributed by atoms with E-state index in [2.05, 4.69) is 4.74 Å². The van der Waals surface area contributed by atoms with Crippen molar-refractivity contribution in [3.63, 3.8) is 0 Å². The first kappa shape index (κ1) is 10.8. The van der Waals surface area contributed by atoms with Gasteiger partial charge in [0.25, 0.3) is 0 Å². The molecule has 78 valence electrons. The summed E-state index contributed by atoms with van der Waals surface area (Å²) in [5, 5.41) is 9.89. The monoisotopic (exact) mass is 226 g/mol. The third-order valence-electron chi connectivity index (χ3n) is 1.21. The molecule has 0 saturated heterocycles. The van der Waals surface area contributed by atoms with Crippen LogP contribution >= 0.6 is 11.3 Å². The molecule has 3 nitrogen and oxygen atoms in total. The van der Waals surface area contributed by atoms with E-state index in [-0.39, 0.29) is 10.6 Å². The maximum absolute atomic E-state index is 11.7. The number of halogens is 3. The fourth-order valence-electron chi connectivity index (χ4n) is 0.727. The predicted octanol–water partition coefficient (Wildman–Crippen LogP) is 2.39. The van der Waals surface area contributed by atoms with Crippen molar-refractivity contribution in [2.24, 2.45) is 0 Å². The zero-order chi connectivity index (χ0) is 10.8. The molecular formula is C7H5F3O3S. The van der Waals surface area contributed by atoms with Crippen LogP contribution in [0.15, 0.2) is 11.4 Å². The van der Waals surface area contributed by atoms with Gasteiger partial charge >= 0.3 is 12.1 Å². The van der Waals surface area contributed by atoms with Gasteiger partial charge in [0.1, 0.15) is 5.75 Å². The van der Waals surface area contributed by atoms with Crippen LogP contribution in [0.5, 0.6) is 5.75 Å². The van der Waals surface area contributed by atoms with Gasteiger partial charge in [-0.3, -0.25) is 0 Å². The van der Waals surface area contributed by atoms with Crippen molar-refractivity contribution in [1.29, 1.82) is 0 Å². The van der Waals surface area contributed by atoms with E-state index >= 15 is 0 Å². The summed E-state index contributed by atoms with van der Waals surface area (Å²) < 4.78 is 39.4. The number of hydrogen-bond acceptors (Lipinski definition) is 3. The van der Waals surface area contributed by atoms with Gasteiger partial charge in [-0.15, -0.1) is 11.3 Å². The highest BCUT2D eigenvalue weighted by molar-refractivity contribution is 7.12. The Bertz CT molecular complexity index is 331. The Morgan fingerprint density at radius 3 is 2.71 bits per heavy atom. The van der Waals surface area contributed by atoms with Gasteiger partial charge in [-0.2, -0.15) is 13.2 Å². The van der Waals surface area contributed by atoms with Gasteiger partial charge in [0.2, 0.25) is 0 Å². The third kappa shape index (κ3) is 2.91. The number of carboxylic acid groups (broad SMARTS) is 1. The third-order valence-corrected chi connectivity index (χ3v) is 2.10. The first-order chi connectivity index (χ1) is 6.40. The summed E-state index contributed by atoms with van der Waals surface area (Å²) in [6, 6.07) is 1.19. The van der Waals surface area contributed by atoms with Gasteiger partial charge in [0.15, 0.2) is 11.5 Å². The molecule has 0 fully saturated rings. The van der Waals surface area contributed by atoms with Gasteiger partial charge < -0.3 is 9.84 Å². The van der Waals surface area contributed by atoms with E-state index in [1.54, 1.807) is 0 Å². The van der Waals surface area contributed by atoms with Crippen LogP contribution < -0.4 is 4.74 Å². The zero-order valence-corrected chi connectivity index (χ0v) is 7.48. The highest BCUT2D eigenvalue weighted by Gasteiger charge is 2.29. The van der Waals surface area contributed by atoms with Gasteiger partial charge in [-0.05, 0) is 11.4 Å². The molecule has 14 heavy (non-hydrogen) atoms. The molecule has 0 amide bonds. The first-order valence-corrected chi connectivity index (χ1v) is 4.28. The van der Waals surface area contributed by atoms with E-state index in [4.69, 9.17) is 5.11 Å². The fraction of sp³-hybridized carbons (Fsp3) is 0.286. The van der Waals surface area contributed by atoms with Crippen molar-refractivity contribution >= 4 is 17.3 Å². The lowest BCUT2D eigenvalue weighted by Crippen LogP contribution is -2.19. The van der Waals surface area contributed by atoms with Crippen molar-refractivity contribution < 1.29 is 27.8 Å². The number of ether oxygens (including phenoxy) is 1. The molecule has 0 aliphatic rings. The molecule has 0 spiro atoms. The van der Waals surface area contributed by atoms with Crippen LogP contribution in [0.25, 0.3) is 0 Å². The molecule has 0 radical (unpaired) electrons. The van der Waals surface area contributed by atoms with Gasteiger partial charge in [0, 0.05) is 0 Å². The summed E-state index contributed by atoms with van der Waals surface area (Å²) in [6.45, 7) is -1.48. The number of alkyl halides is 3. The molecule has 0 aliphatic heterocycles. The second-order valence-corrected chi connectivity index (χ2v) is 3.24. The normalized spacial score (nSPS) is 11.4. The molecule has 1 aromatic rings. The summed E-state index contributed by atoms with van der Waals surface area (Å²) >= 11 is 0.816. The lowest BCUT2D eigenvalue weighted by Gasteiger charge is -2.07. The summed E-state index contributed by atoms with van der Waals surface area (Å²) in [4.78, 5) is 10.2. The van der Waals surface area contributed by atoms with E-state index < -0.39 is 18.8 Å². The SMILES string of the molecule is O=C(O)c1sccc1OCC(F)(F)F. The zero-order valence-electron chi connectivity index (χ0n) is 6.67. The van der Waals surface area contributed by atoms with Crippen molar-refractivity contribution in [2.45, 2.75) is 6.18 Å². The van der Waals surface area contributed by atoms with Crippen LogP contribution in [-0.4, -0.2) is 23.9 Å². The number of hydrogen-bond donors (Lipinski definition) is 1. The standard InChI is InChI=1S/C7H5F3O3S/c8-7(9,10)3-13-4-1-2-14-5(4)6(11)12/h1-2H,3H2,(H,11,12). The highest BCUT2D eigenvalue weighted by atomic mass is 32.1. The smallest absolute Gasteiger partial charge is 0.422 e. The quantitative estimate of drug-likeness (QED) is 0.860. The summed E-state index contributed by atoms with van der Waals surface area (Å²) in [5.74, 6) is -1.54. The Kier molecular flexibility index (Phi) is 3.00. The molecule has 0 aliphatic carbocycles. The van der Waals surface area contributed by atoms with Crippen LogP contribution in [0.2, 0.25) is 0 Å². The largest absolute Gasteiger partial charge is 0.482 e. The van der Waals surface area contributed by atoms with E-state index in [1.807, 2.05) is 0 Å². The predicted molar refractivity (Wildman–Crippen MR) is 42.8 cm³/mol. The minimum atomic E-state index is -4.46. The number of thiophene rings is 1. The van der Waals surface area contributed by atoms with Gasteiger partial charge in [0.05, 0.1) is 0 Å². The summed E-state index contributed by atoms with van der Waals surface area (Å²) in [5.41, 5.74) is 0. The maximum atomic E-state index is 11.7. The molecule has 0 saturated carbocycles. The minimum absolute atomic E-state index is 0.228. The lowest BCUT2D eigenvalue weighted by atomic mass is 10.4. The van der Waals surface area contributed by atoms with Crippen LogP contribution in [-0.2, 0) is 0 Å². The van der Waals surface area contributed by atoms with Crippen LogP contribution in [0.1, 0.15) is 9.67 Å². The maximum Gasteiger partial charge on any atom is 0.422 e. The average Bonchev–Trinajstić information content (AvgIpc) is 2.46. The molecule has 0 atom stereocenters. The van der Waals surface area contributed by atoms with Gasteiger partial charge in [-0.1, -0.05) is 0 Å². The Hall–Kier alpha value is -1.24. The number of carbonyl (C=O) groups is 1. The van der Waals surface area contributed by atoms with E-state index in [0.717, 1.165) is 11.3 Å². The van der Waals surface area contributed by atoms with Crippen molar-refractivity contribution in [3.05, 3.63) is 16.3 Å². The minimum Gasteiger partial charge on any atom is -0.482 e. The number of rotatable bonds is 3. The molecule has 1 heterocycles. The van der Waals surface area contributed by atoms with E-state index in [0.29, 0.717) is 0 Å². The first-order valence-electron chi connectivity index (χ1n) is 3.40. The fourth-order valence-corrected chi connectivity index (χ4v) is 1.40. The molecule has 1 aromatic heterocycles. The molecule has 1 rings (SSSR count). The second kappa shape index (κ2) is 3.87. The lowest BCUT2D eigenvalue weighted by molar-refractivity contribution is -0.153. The molecule has 7 heteroatoms. The van der Waals surface area contributed by atoms with E-state index in [9.17, 15) is 18.0 Å². The molecule has 1 N–H and O–H groups in total. The average molecular weight is 226 g/mol. The van der Waals surface area contributed by atoms with Crippen molar-refractivity contribution in [3.8, 4) is 5.75 Å². The number of carboxylic acids is 1. The van der Waals surface area contributed by atoms with Crippen LogP contribution in [0.3, 0.4) is 0 Å².